The van der Waals surface area contributed by atoms with Crippen LogP contribution in [0.2, 0.25) is 0 Å². The highest BCUT2D eigenvalue weighted by atomic mass is 19.4. The maximum Gasteiger partial charge on any atom is 0.433 e. The van der Waals surface area contributed by atoms with Gasteiger partial charge in [0.2, 0.25) is 0 Å². The summed E-state index contributed by atoms with van der Waals surface area (Å²) in [6.07, 6.45) is -0.687. The largest absolute Gasteiger partial charge is 0.433 e. The second-order valence-corrected chi connectivity index (χ2v) is 4.73. The summed E-state index contributed by atoms with van der Waals surface area (Å²) in [7, 11) is 0. The first-order valence-electron chi connectivity index (χ1n) is 6.56. The van der Waals surface area contributed by atoms with Crippen LogP contribution in [0.4, 0.5) is 19.0 Å². The monoisotopic (exact) mass is 273 g/mol. The number of alkyl halides is 3. The molecule has 1 aromatic rings. The molecule has 0 spiro atoms. The quantitative estimate of drug-likeness (QED) is 0.914. The molecule has 0 radical (unpaired) electrons. The zero-order valence-corrected chi connectivity index (χ0v) is 10.7. The van der Waals surface area contributed by atoms with Gasteiger partial charge < -0.3 is 10.2 Å². The number of hydrogen-bond donors (Lipinski definition) is 1. The summed E-state index contributed by atoms with van der Waals surface area (Å²) in [5.74, 6) is 0.284. The third-order valence-electron chi connectivity index (χ3n) is 3.22. The van der Waals surface area contributed by atoms with Gasteiger partial charge in [-0.1, -0.05) is 12.5 Å². The Morgan fingerprint density at radius 2 is 1.89 bits per heavy atom. The van der Waals surface area contributed by atoms with Gasteiger partial charge in [0.1, 0.15) is 11.5 Å². The molecule has 1 aliphatic rings. The molecule has 1 aromatic heterocycles. The number of hydrogen-bond acceptors (Lipinski definition) is 3. The highest BCUT2D eigenvalue weighted by Gasteiger charge is 2.32. The molecule has 106 valence electrons. The average molecular weight is 273 g/mol. The summed E-state index contributed by atoms with van der Waals surface area (Å²) >= 11 is 0. The minimum atomic E-state index is -4.38. The maximum atomic E-state index is 12.5. The molecule has 0 aliphatic carbocycles. The summed E-state index contributed by atoms with van der Waals surface area (Å²) < 4.78 is 37.4. The van der Waals surface area contributed by atoms with Gasteiger partial charge in [-0.25, -0.2) is 4.98 Å². The molecule has 19 heavy (non-hydrogen) atoms. The van der Waals surface area contributed by atoms with Crippen molar-refractivity contribution in [3.63, 3.8) is 0 Å². The fourth-order valence-corrected chi connectivity index (χ4v) is 2.22. The fourth-order valence-electron chi connectivity index (χ4n) is 2.22. The number of halogens is 3. The van der Waals surface area contributed by atoms with Gasteiger partial charge >= 0.3 is 6.18 Å². The molecule has 2 rings (SSSR count). The summed E-state index contributed by atoms with van der Waals surface area (Å²) in [6.45, 7) is 3.63. The van der Waals surface area contributed by atoms with Crippen LogP contribution in [0.3, 0.4) is 0 Å². The van der Waals surface area contributed by atoms with Crippen LogP contribution < -0.4 is 5.32 Å². The minimum absolute atomic E-state index is 0.284. The van der Waals surface area contributed by atoms with E-state index >= 15 is 0 Å². The lowest BCUT2D eigenvalue weighted by Gasteiger charge is -2.26. The Hall–Kier alpha value is -1.30. The molecular weight excluding hydrogens is 255 g/mol. The lowest BCUT2D eigenvalue weighted by Crippen LogP contribution is -2.33. The van der Waals surface area contributed by atoms with Crippen molar-refractivity contribution in [3.05, 3.63) is 23.9 Å². The highest BCUT2D eigenvalue weighted by molar-refractivity contribution is 5.35. The lowest BCUT2D eigenvalue weighted by molar-refractivity contribution is -0.141. The Labute approximate surface area is 110 Å². The summed E-state index contributed by atoms with van der Waals surface area (Å²) in [4.78, 5) is 5.90. The molecule has 0 aromatic carbocycles. The van der Waals surface area contributed by atoms with Gasteiger partial charge in [0.05, 0.1) is 0 Å². The van der Waals surface area contributed by atoms with Gasteiger partial charge in [0.15, 0.2) is 0 Å². The standard InChI is InChI=1S/C13H18F3N3/c14-13(15,16)11-5-4-6-12(18-11)17-7-10-19-8-2-1-3-9-19/h4-6H,1-3,7-10H2,(H,17,18). The number of pyridine rings is 1. The Kier molecular flexibility index (Phi) is 4.63. The summed E-state index contributed by atoms with van der Waals surface area (Å²) in [5.41, 5.74) is -0.851. The smallest absolute Gasteiger partial charge is 0.369 e. The van der Waals surface area contributed by atoms with Crippen LogP contribution in [0.25, 0.3) is 0 Å². The fraction of sp³-hybridized carbons (Fsp3) is 0.615. The van der Waals surface area contributed by atoms with Gasteiger partial charge in [-0.3, -0.25) is 0 Å². The first kappa shape index (κ1) is 14.1. The number of piperidine rings is 1. The van der Waals surface area contributed by atoms with Gasteiger partial charge in [-0.15, -0.1) is 0 Å². The molecule has 0 atom stereocenters. The van der Waals surface area contributed by atoms with Crippen molar-refractivity contribution in [1.29, 1.82) is 0 Å². The van der Waals surface area contributed by atoms with Crippen molar-refractivity contribution < 1.29 is 13.2 Å². The number of anilines is 1. The van der Waals surface area contributed by atoms with Crippen LogP contribution in [-0.4, -0.2) is 36.1 Å². The Balaban J connectivity index is 1.82. The van der Waals surface area contributed by atoms with Crippen molar-refractivity contribution >= 4 is 5.82 Å². The van der Waals surface area contributed by atoms with Crippen molar-refractivity contribution in [1.82, 2.24) is 9.88 Å². The molecule has 0 saturated carbocycles. The Morgan fingerprint density at radius 3 is 2.58 bits per heavy atom. The zero-order chi connectivity index (χ0) is 13.7. The lowest BCUT2D eigenvalue weighted by atomic mass is 10.1. The van der Waals surface area contributed by atoms with Crippen LogP contribution in [0.15, 0.2) is 18.2 Å². The van der Waals surface area contributed by atoms with E-state index in [4.69, 9.17) is 0 Å². The minimum Gasteiger partial charge on any atom is -0.369 e. The van der Waals surface area contributed by atoms with Crippen molar-refractivity contribution in [2.24, 2.45) is 0 Å². The second kappa shape index (κ2) is 6.23. The normalized spacial score (nSPS) is 17.4. The molecule has 6 heteroatoms. The van der Waals surface area contributed by atoms with E-state index in [9.17, 15) is 13.2 Å². The van der Waals surface area contributed by atoms with E-state index in [1.807, 2.05) is 0 Å². The van der Waals surface area contributed by atoms with Crippen LogP contribution >= 0.6 is 0 Å². The van der Waals surface area contributed by atoms with Crippen molar-refractivity contribution in [3.8, 4) is 0 Å². The van der Waals surface area contributed by atoms with E-state index < -0.39 is 11.9 Å². The third-order valence-corrected chi connectivity index (χ3v) is 3.22. The molecule has 0 amide bonds. The van der Waals surface area contributed by atoms with Gasteiger partial charge in [-0.2, -0.15) is 13.2 Å². The van der Waals surface area contributed by atoms with Gasteiger partial charge in [0.25, 0.3) is 0 Å². The van der Waals surface area contributed by atoms with Crippen molar-refractivity contribution in [2.45, 2.75) is 25.4 Å². The predicted octanol–water partition coefficient (Wildman–Crippen LogP) is 3.00. The molecule has 1 aliphatic heterocycles. The number of nitrogens with zero attached hydrogens (tertiary/aromatic N) is 2. The molecule has 1 N–H and O–H groups in total. The number of aromatic nitrogens is 1. The third kappa shape index (κ3) is 4.38. The van der Waals surface area contributed by atoms with E-state index in [0.717, 1.165) is 25.7 Å². The Morgan fingerprint density at radius 1 is 1.16 bits per heavy atom. The molecule has 1 saturated heterocycles. The zero-order valence-electron chi connectivity index (χ0n) is 10.7. The first-order valence-corrected chi connectivity index (χ1v) is 6.56. The van der Waals surface area contributed by atoms with Gasteiger partial charge in [0, 0.05) is 13.1 Å². The topological polar surface area (TPSA) is 28.2 Å². The summed E-state index contributed by atoms with van der Waals surface area (Å²) in [6, 6.07) is 3.92. The van der Waals surface area contributed by atoms with E-state index in [0.29, 0.717) is 6.54 Å². The molecule has 0 bridgehead atoms. The molecule has 2 heterocycles. The predicted molar refractivity (Wildman–Crippen MR) is 68.0 cm³/mol. The van der Waals surface area contributed by atoms with E-state index in [1.165, 1.54) is 25.3 Å². The Bertz CT molecular complexity index is 400. The van der Waals surface area contributed by atoms with Crippen LogP contribution in [-0.2, 0) is 6.18 Å². The van der Waals surface area contributed by atoms with E-state index in [2.05, 4.69) is 15.2 Å². The van der Waals surface area contributed by atoms with Crippen LogP contribution in [0.5, 0.6) is 0 Å². The molecule has 1 fully saturated rings. The molecular formula is C13H18F3N3. The molecule has 0 unspecified atom stereocenters. The van der Waals surface area contributed by atoms with E-state index in [-0.39, 0.29) is 5.82 Å². The number of likely N-dealkylation sites (tertiary alicyclic amines) is 1. The van der Waals surface area contributed by atoms with Crippen LogP contribution in [0.1, 0.15) is 25.0 Å². The maximum absolute atomic E-state index is 12.5. The van der Waals surface area contributed by atoms with Crippen molar-refractivity contribution in [2.75, 3.05) is 31.5 Å². The SMILES string of the molecule is FC(F)(F)c1cccc(NCCN2CCCCC2)n1. The van der Waals surface area contributed by atoms with Crippen LogP contribution in [0, 0.1) is 0 Å². The van der Waals surface area contributed by atoms with E-state index in [1.54, 1.807) is 6.07 Å². The average Bonchev–Trinajstić information content (AvgIpc) is 2.39. The number of rotatable bonds is 4. The second-order valence-electron chi connectivity index (χ2n) is 4.73. The first-order chi connectivity index (χ1) is 9.05. The highest BCUT2D eigenvalue weighted by Crippen LogP contribution is 2.28. The number of nitrogens with one attached hydrogen (secondary N) is 1. The summed E-state index contributed by atoms with van der Waals surface area (Å²) in [5, 5.41) is 2.95. The molecule has 3 nitrogen and oxygen atoms in total. The van der Waals surface area contributed by atoms with Gasteiger partial charge in [-0.05, 0) is 38.1 Å².